The van der Waals surface area contributed by atoms with Crippen LogP contribution >= 0.6 is 0 Å². The quantitative estimate of drug-likeness (QED) is 0.192. The molecule has 0 unspecified atom stereocenters. The monoisotopic (exact) mass is 640 g/mol. The van der Waals surface area contributed by atoms with Gasteiger partial charge in [0.15, 0.2) is 17.5 Å². The average molecular weight is 641 g/mol. The number of benzene rings is 6. The molecule has 0 amide bonds. The van der Waals surface area contributed by atoms with E-state index in [0.29, 0.717) is 17.5 Å². The Hall–Kier alpha value is -6.72. The molecule has 2 aliphatic rings. The molecule has 0 saturated carbocycles. The predicted octanol–water partition coefficient (Wildman–Crippen LogP) is 10.4. The van der Waals surface area contributed by atoms with Crippen molar-refractivity contribution in [1.82, 2.24) is 19.9 Å². The van der Waals surface area contributed by atoms with Crippen molar-refractivity contribution in [1.29, 1.82) is 0 Å². The molecule has 0 fully saturated rings. The third-order valence-corrected chi connectivity index (χ3v) is 9.88. The lowest BCUT2D eigenvalue weighted by molar-refractivity contribution is 0.438. The van der Waals surface area contributed by atoms with E-state index in [9.17, 15) is 0 Å². The largest absolute Gasteiger partial charge is 0.456 e. The zero-order valence-corrected chi connectivity index (χ0v) is 26.9. The zero-order valence-electron chi connectivity index (χ0n) is 26.9. The number of para-hydroxylation sites is 2. The van der Waals surface area contributed by atoms with Gasteiger partial charge in [-0.05, 0) is 46.5 Å². The van der Waals surface area contributed by atoms with E-state index in [1.54, 1.807) is 0 Å². The van der Waals surface area contributed by atoms with Crippen LogP contribution in [0, 0.1) is 0 Å². The van der Waals surface area contributed by atoms with Gasteiger partial charge < -0.3 is 4.74 Å². The van der Waals surface area contributed by atoms with Gasteiger partial charge in [0.1, 0.15) is 11.5 Å². The van der Waals surface area contributed by atoms with Crippen molar-refractivity contribution in [3.05, 3.63) is 192 Å². The van der Waals surface area contributed by atoms with Gasteiger partial charge in [0.05, 0.1) is 11.1 Å². The summed E-state index contributed by atoms with van der Waals surface area (Å²) in [6, 6.07) is 56.4. The topological polar surface area (TPSA) is 60.8 Å². The maximum atomic E-state index is 6.96. The summed E-state index contributed by atoms with van der Waals surface area (Å²) in [6.45, 7) is 0. The molecule has 50 heavy (non-hydrogen) atoms. The minimum atomic E-state index is -0.573. The van der Waals surface area contributed by atoms with Crippen LogP contribution in [0.1, 0.15) is 22.3 Å². The second-order valence-corrected chi connectivity index (χ2v) is 12.6. The molecule has 8 aromatic rings. The molecule has 6 aromatic carbocycles. The number of hydrogen-bond donors (Lipinski definition) is 0. The van der Waals surface area contributed by atoms with Gasteiger partial charge in [0, 0.05) is 39.6 Å². The summed E-state index contributed by atoms with van der Waals surface area (Å²) in [4.78, 5) is 20.1. The number of ether oxygens (including phenoxy) is 1. The van der Waals surface area contributed by atoms with E-state index >= 15 is 0 Å². The molecule has 2 aromatic heterocycles. The lowest BCUT2D eigenvalue weighted by Gasteiger charge is -2.40. The van der Waals surface area contributed by atoms with E-state index in [1.807, 2.05) is 85.1 Å². The first-order chi connectivity index (χ1) is 24.8. The fraction of sp³-hybridized carbons (Fsp3) is 0.0222. The van der Waals surface area contributed by atoms with E-state index in [4.69, 9.17) is 24.7 Å². The van der Waals surface area contributed by atoms with Crippen molar-refractivity contribution in [3.63, 3.8) is 0 Å². The molecule has 0 N–H and O–H groups in total. The van der Waals surface area contributed by atoms with Crippen molar-refractivity contribution in [2.75, 3.05) is 0 Å². The molecule has 1 spiro atoms. The van der Waals surface area contributed by atoms with E-state index in [-0.39, 0.29) is 0 Å². The fourth-order valence-corrected chi connectivity index (χ4v) is 7.79. The predicted molar refractivity (Wildman–Crippen MR) is 197 cm³/mol. The molecular formula is C45H28N4O. The van der Waals surface area contributed by atoms with E-state index < -0.39 is 5.41 Å². The molecule has 0 radical (unpaired) electrons. The minimum absolute atomic E-state index is 0.542. The highest BCUT2D eigenvalue weighted by Gasteiger charge is 2.51. The van der Waals surface area contributed by atoms with E-state index in [2.05, 4.69) is 84.9 Å². The Morgan fingerprint density at radius 1 is 0.380 bits per heavy atom. The smallest absolute Gasteiger partial charge is 0.166 e. The minimum Gasteiger partial charge on any atom is -0.456 e. The molecule has 5 nitrogen and oxygen atoms in total. The summed E-state index contributed by atoms with van der Waals surface area (Å²) in [5.74, 6) is 3.35. The Morgan fingerprint density at radius 3 is 1.54 bits per heavy atom. The zero-order chi connectivity index (χ0) is 33.1. The maximum absolute atomic E-state index is 6.96. The summed E-state index contributed by atoms with van der Waals surface area (Å²) in [5.41, 5.74) is 10.8. The van der Waals surface area contributed by atoms with E-state index in [1.165, 1.54) is 22.3 Å². The van der Waals surface area contributed by atoms with Crippen molar-refractivity contribution < 1.29 is 4.74 Å². The van der Waals surface area contributed by atoms with Gasteiger partial charge in [0.2, 0.25) is 0 Å². The Balaban J connectivity index is 1.23. The van der Waals surface area contributed by atoms with E-state index in [0.717, 1.165) is 50.6 Å². The van der Waals surface area contributed by atoms with Crippen LogP contribution in [0.25, 0.3) is 56.5 Å². The highest BCUT2D eigenvalue weighted by Crippen LogP contribution is 2.63. The Bertz CT molecular complexity index is 2480. The van der Waals surface area contributed by atoms with Crippen LogP contribution in [0.2, 0.25) is 0 Å². The fourth-order valence-electron chi connectivity index (χ4n) is 7.79. The maximum Gasteiger partial charge on any atom is 0.166 e. The van der Waals surface area contributed by atoms with Crippen LogP contribution in [-0.4, -0.2) is 19.9 Å². The Morgan fingerprint density at radius 2 is 0.880 bits per heavy atom. The Labute approximate surface area is 289 Å². The summed E-state index contributed by atoms with van der Waals surface area (Å²) in [5, 5.41) is 0. The molecule has 1 aliphatic carbocycles. The molecule has 3 heterocycles. The van der Waals surface area contributed by atoms with Gasteiger partial charge in [0.25, 0.3) is 0 Å². The molecular weight excluding hydrogens is 613 g/mol. The Kier molecular flexibility index (Phi) is 6.33. The molecule has 234 valence electrons. The first-order valence-electron chi connectivity index (χ1n) is 16.7. The summed E-state index contributed by atoms with van der Waals surface area (Å²) in [7, 11) is 0. The first kappa shape index (κ1) is 28.3. The number of nitrogens with zero attached hydrogens (tertiary/aromatic N) is 4. The summed E-state index contributed by atoms with van der Waals surface area (Å²) < 4.78 is 6.96. The van der Waals surface area contributed by atoms with Crippen LogP contribution in [0.4, 0.5) is 0 Å². The van der Waals surface area contributed by atoms with Gasteiger partial charge >= 0.3 is 0 Å². The van der Waals surface area contributed by atoms with Gasteiger partial charge in [-0.25, -0.2) is 15.0 Å². The number of fused-ring (bicyclic) bond motifs is 9. The van der Waals surface area contributed by atoms with Crippen molar-refractivity contribution in [3.8, 4) is 68.0 Å². The molecule has 0 saturated heterocycles. The molecule has 10 rings (SSSR count). The number of aromatic nitrogens is 4. The van der Waals surface area contributed by atoms with Gasteiger partial charge in [-0.15, -0.1) is 0 Å². The van der Waals surface area contributed by atoms with Crippen LogP contribution in [0.3, 0.4) is 0 Å². The molecule has 0 bridgehead atoms. The summed E-state index contributed by atoms with van der Waals surface area (Å²) >= 11 is 0. The standard InChI is InChI=1S/C45H28N4O/c1-3-15-29(16-4-1)42-47-43(30-17-5-2-6-18-30)49-44(48-42)34-22-14-28-46-40(34)33-21-13-26-38-41(33)50-39-27-12-11-25-37(39)45(38)35-23-9-7-19-31(35)32-20-8-10-24-36(32)45/h1-28H. The van der Waals surface area contributed by atoms with Crippen LogP contribution in [0.15, 0.2) is 170 Å². The number of hydrogen-bond acceptors (Lipinski definition) is 5. The highest BCUT2D eigenvalue weighted by molar-refractivity contribution is 5.91. The SMILES string of the molecule is c1ccc(-c2nc(-c3ccccc3)nc(-c3cccnc3-c3cccc4c3Oc3ccccc3C43c4ccccc4-c4ccccc43)n2)cc1. The molecule has 0 atom stereocenters. The lowest BCUT2D eigenvalue weighted by Crippen LogP contribution is -2.32. The second kappa shape index (κ2) is 11.2. The number of rotatable bonds is 4. The molecule has 1 aliphatic heterocycles. The third-order valence-electron chi connectivity index (χ3n) is 9.88. The third kappa shape index (κ3) is 4.13. The normalized spacial score (nSPS) is 13.1. The van der Waals surface area contributed by atoms with Gasteiger partial charge in [-0.3, -0.25) is 4.98 Å². The van der Waals surface area contributed by atoms with Gasteiger partial charge in [-0.1, -0.05) is 140 Å². The van der Waals surface area contributed by atoms with Crippen molar-refractivity contribution >= 4 is 0 Å². The first-order valence-corrected chi connectivity index (χ1v) is 16.7. The lowest BCUT2D eigenvalue weighted by atomic mass is 9.65. The molecule has 5 heteroatoms. The number of pyridine rings is 1. The summed E-state index contributed by atoms with van der Waals surface area (Å²) in [6.07, 6.45) is 1.82. The van der Waals surface area contributed by atoms with Crippen molar-refractivity contribution in [2.24, 2.45) is 0 Å². The average Bonchev–Trinajstić information content (AvgIpc) is 3.49. The van der Waals surface area contributed by atoms with Crippen molar-refractivity contribution in [2.45, 2.75) is 5.41 Å². The van der Waals surface area contributed by atoms with Crippen LogP contribution in [0.5, 0.6) is 11.5 Å². The van der Waals surface area contributed by atoms with Crippen LogP contribution < -0.4 is 4.74 Å². The highest BCUT2D eigenvalue weighted by atomic mass is 16.5. The second-order valence-electron chi connectivity index (χ2n) is 12.6. The van der Waals surface area contributed by atoms with Crippen LogP contribution in [-0.2, 0) is 5.41 Å². The van der Waals surface area contributed by atoms with Gasteiger partial charge in [-0.2, -0.15) is 0 Å².